The number of fused-ring (bicyclic) bond motifs is 1. The van der Waals surface area contributed by atoms with E-state index < -0.39 is 8.32 Å². The molecule has 0 radical (unpaired) electrons. The van der Waals surface area contributed by atoms with Crippen molar-refractivity contribution in [3.05, 3.63) is 23.5 Å². The molecule has 0 amide bonds. The molecule has 120 valence electrons. The summed E-state index contributed by atoms with van der Waals surface area (Å²) in [5, 5.41) is 0. The van der Waals surface area contributed by atoms with Crippen LogP contribution in [0.25, 0.3) is 0 Å². The van der Waals surface area contributed by atoms with E-state index in [0.29, 0.717) is 16.6 Å². The van der Waals surface area contributed by atoms with E-state index in [2.05, 4.69) is 67.5 Å². The van der Waals surface area contributed by atoms with Crippen LogP contribution in [0.3, 0.4) is 0 Å². The average molecular weight is 309 g/mol. The van der Waals surface area contributed by atoms with Gasteiger partial charge in [0.25, 0.3) is 8.32 Å². The fourth-order valence-electron chi connectivity index (χ4n) is 4.41. The van der Waals surface area contributed by atoms with Gasteiger partial charge in [-0.25, -0.2) is 0 Å². The zero-order valence-corrected chi connectivity index (χ0v) is 16.0. The van der Waals surface area contributed by atoms with E-state index in [1.807, 2.05) is 0 Å². The molecule has 0 spiro atoms. The minimum atomic E-state index is -1.88. The van der Waals surface area contributed by atoms with Crippen molar-refractivity contribution in [2.45, 2.75) is 78.1 Å². The van der Waals surface area contributed by atoms with Crippen LogP contribution >= 0.6 is 0 Å². The molecule has 2 aliphatic rings. The van der Waals surface area contributed by atoms with Crippen LogP contribution in [-0.2, 0) is 9.16 Å². The summed E-state index contributed by atoms with van der Waals surface area (Å²) in [4.78, 5) is 0. The van der Waals surface area contributed by atoms with Gasteiger partial charge in [0.15, 0.2) is 0 Å². The summed E-state index contributed by atoms with van der Waals surface area (Å²) >= 11 is 0. The Balaban J connectivity index is 2.38. The smallest absolute Gasteiger partial charge is 0.258 e. The van der Waals surface area contributed by atoms with Crippen LogP contribution in [0.15, 0.2) is 23.5 Å². The molecule has 0 aromatic heterocycles. The summed E-state index contributed by atoms with van der Waals surface area (Å²) in [6.45, 7) is 19.2. The Labute approximate surface area is 131 Å². The molecular weight excluding hydrogens is 276 g/mol. The van der Waals surface area contributed by atoms with Crippen LogP contribution in [0.5, 0.6) is 0 Å². The highest BCUT2D eigenvalue weighted by molar-refractivity contribution is 6.77. The molecule has 1 aliphatic carbocycles. The Morgan fingerprint density at radius 3 is 2.10 bits per heavy atom. The Hall–Kier alpha value is -0.543. The van der Waals surface area contributed by atoms with Gasteiger partial charge in [-0.05, 0) is 28.8 Å². The molecule has 3 heteroatoms. The standard InChI is InChI=1S/C18H32O2Si/c1-12(2)21(13(3)4,14(5)6)20-16-11-18(7,8)17-15(16)9-10-19-17/h9,11-14,17H,10H2,1-8H3/t17-/m0/s1. The summed E-state index contributed by atoms with van der Waals surface area (Å²) in [5.74, 6) is 1.12. The van der Waals surface area contributed by atoms with Gasteiger partial charge >= 0.3 is 0 Å². The summed E-state index contributed by atoms with van der Waals surface area (Å²) < 4.78 is 12.8. The Morgan fingerprint density at radius 1 is 1.10 bits per heavy atom. The van der Waals surface area contributed by atoms with Crippen molar-refractivity contribution in [2.24, 2.45) is 5.41 Å². The van der Waals surface area contributed by atoms with Crippen LogP contribution in [-0.4, -0.2) is 21.0 Å². The highest BCUT2D eigenvalue weighted by Crippen LogP contribution is 2.50. The van der Waals surface area contributed by atoms with Gasteiger partial charge in [-0.1, -0.05) is 55.4 Å². The van der Waals surface area contributed by atoms with E-state index in [1.165, 1.54) is 5.57 Å². The predicted molar refractivity (Wildman–Crippen MR) is 91.8 cm³/mol. The van der Waals surface area contributed by atoms with Crippen molar-refractivity contribution >= 4 is 8.32 Å². The van der Waals surface area contributed by atoms with E-state index in [0.717, 1.165) is 12.4 Å². The summed E-state index contributed by atoms with van der Waals surface area (Å²) in [7, 11) is -1.88. The van der Waals surface area contributed by atoms with Crippen molar-refractivity contribution in [3.8, 4) is 0 Å². The Bertz CT molecular complexity index is 436. The minimum Gasteiger partial charge on any atom is -0.543 e. The first-order valence-corrected chi connectivity index (χ1v) is 10.5. The topological polar surface area (TPSA) is 18.5 Å². The first-order valence-electron chi connectivity index (χ1n) is 8.36. The maximum atomic E-state index is 6.88. The van der Waals surface area contributed by atoms with E-state index >= 15 is 0 Å². The molecule has 0 aromatic carbocycles. The van der Waals surface area contributed by atoms with Gasteiger partial charge in [0.05, 0.1) is 12.7 Å². The lowest BCUT2D eigenvalue weighted by Gasteiger charge is -2.42. The Kier molecular flexibility index (Phi) is 4.47. The van der Waals surface area contributed by atoms with Crippen LogP contribution in [0.4, 0.5) is 0 Å². The maximum absolute atomic E-state index is 6.88. The second-order valence-corrected chi connectivity index (χ2v) is 13.5. The van der Waals surface area contributed by atoms with Crippen molar-refractivity contribution in [1.29, 1.82) is 0 Å². The molecule has 2 rings (SSSR count). The van der Waals surface area contributed by atoms with Crippen LogP contribution in [0.2, 0.25) is 16.6 Å². The lowest BCUT2D eigenvalue weighted by molar-refractivity contribution is 0.0621. The van der Waals surface area contributed by atoms with E-state index in [9.17, 15) is 0 Å². The summed E-state index contributed by atoms with van der Waals surface area (Å²) in [5.41, 5.74) is 3.14. The largest absolute Gasteiger partial charge is 0.543 e. The van der Waals surface area contributed by atoms with Gasteiger partial charge < -0.3 is 9.16 Å². The summed E-state index contributed by atoms with van der Waals surface area (Å²) in [6, 6.07) is 0. The molecule has 1 heterocycles. The molecule has 0 saturated carbocycles. The van der Waals surface area contributed by atoms with Gasteiger partial charge in [-0.15, -0.1) is 0 Å². The fourth-order valence-corrected chi connectivity index (χ4v) is 9.67. The quantitative estimate of drug-likeness (QED) is 0.631. The molecule has 0 fully saturated rings. The molecule has 1 atom stereocenters. The average Bonchev–Trinajstić information content (AvgIpc) is 2.89. The first kappa shape index (κ1) is 16.8. The van der Waals surface area contributed by atoms with Gasteiger partial charge in [-0.2, -0.15) is 0 Å². The van der Waals surface area contributed by atoms with Gasteiger partial charge in [0.1, 0.15) is 5.76 Å². The first-order chi connectivity index (χ1) is 9.63. The van der Waals surface area contributed by atoms with Crippen molar-refractivity contribution in [2.75, 3.05) is 6.61 Å². The number of hydrogen-bond donors (Lipinski definition) is 0. The predicted octanol–water partition coefficient (Wildman–Crippen LogP) is 5.43. The summed E-state index contributed by atoms with van der Waals surface area (Å²) in [6.07, 6.45) is 4.70. The van der Waals surface area contributed by atoms with Gasteiger partial charge in [-0.3, -0.25) is 0 Å². The maximum Gasteiger partial charge on any atom is 0.258 e. The SMILES string of the molecule is CC(C)[Si](OC1=CC(C)(C)[C@H]2OCC=C12)(C(C)C)C(C)C. The lowest BCUT2D eigenvalue weighted by atomic mass is 9.89. The molecule has 0 N–H and O–H groups in total. The zero-order chi connectivity index (χ0) is 16.0. The minimum absolute atomic E-state index is 0.0444. The van der Waals surface area contributed by atoms with Crippen molar-refractivity contribution in [1.82, 2.24) is 0 Å². The molecule has 0 bridgehead atoms. The molecule has 0 aromatic rings. The number of ether oxygens (including phenoxy) is 1. The number of hydrogen-bond acceptors (Lipinski definition) is 2. The van der Waals surface area contributed by atoms with Crippen molar-refractivity contribution < 1.29 is 9.16 Å². The fraction of sp³-hybridized carbons (Fsp3) is 0.778. The highest BCUT2D eigenvalue weighted by Gasteiger charge is 2.50. The van der Waals surface area contributed by atoms with E-state index in [4.69, 9.17) is 9.16 Å². The molecule has 0 unspecified atom stereocenters. The van der Waals surface area contributed by atoms with Crippen molar-refractivity contribution in [3.63, 3.8) is 0 Å². The normalized spacial score (nSPS) is 24.6. The highest BCUT2D eigenvalue weighted by atomic mass is 28.4. The Morgan fingerprint density at radius 2 is 1.62 bits per heavy atom. The third-order valence-corrected chi connectivity index (χ3v) is 11.3. The lowest BCUT2D eigenvalue weighted by Crippen LogP contribution is -2.47. The molecule has 2 nitrogen and oxygen atoms in total. The third kappa shape index (κ3) is 2.63. The monoisotopic (exact) mass is 308 g/mol. The van der Waals surface area contributed by atoms with Crippen LogP contribution in [0, 0.1) is 5.41 Å². The van der Waals surface area contributed by atoms with Crippen LogP contribution < -0.4 is 0 Å². The van der Waals surface area contributed by atoms with Crippen LogP contribution in [0.1, 0.15) is 55.4 Å². The van der Waals surface area contributed by atoms with Gasteiger partial charge in [0.2, 0.25) is 0 Å². The van der Waals surface area contributed by atoms with E-state index in [-0.39, 0.29) is 11.5 Å². The van der Waals surface area contributed by atoms with E-state index in [1.54, 1.807) is 0 Å². The second-order valence-electron chi connectivity index (χ2n) is 8.12. The number of rotatable bonds is 5. The van der Waals surface area contributed by atoms with Gasteiger partial charge in [0, 0.05) is 11.0 Å². The zero-order valence-electron chi connectivity index (χ0n) is 15.0. The molecule has 21 heavy (non-hydrogen) atoms. The molecular formula is C18H32O2Si. The second kappa shape index (κ2) is 5.58. The third-order valence-electron chi connectivity index (χ3n) is 5.31. The molecule has 0 saturated heterocycles. The molecule has 1 aliphatic heterocycles.